The van der Waals surface area contributed by atoms with Crippen LogP contribution in [0.2, 0.25) is 5.02 Å². The van der Waals surface area contributed by atoms with E-state index < -0.39 is 17.8 Å². The zero-order valence-electron chi connectivity index (χ0n) is 14.3. The zero-order valence-corrected chi connectivity index (χ0v) is 15.9. The highest BCUT2D eigenvalue weighted by molar-refractivity contribution is 7.98. The number of methoxy groups -OCH3 is 2. The fourth-order valence-corrected chi connectivity index (χ4v) is 2.82. The lowest BCUT2D eigenvalue weighted by Gasteiger charge is -2.11. The van der Waals surface area contributed by atoms with Crippen molar-refractivity contribution in [1.82, 2.24) is 0 Å². The summed E-state index contributed by atoms with van der Waals surface area (Å²) in [5, 5.41) is 2.93. The van der Waals surface area contributed by atoms with E-state index in [1.54, 1.807) is 18.2 Å². The second kappa shape index (κ2) is 8.73. The highest BCUT2D eigenvalue weighted by atomic mass is 35.5. The highest BCUT2D eigenvalue weighted by Gasteiger charge is 2.17. The Morgan fingerprint density at radius 3 is 2.04 bits per heavy atom. The Labute approximate surface area is 159 Å². The van der Waals surface area contributed by atoms with E-state index in [1.165, 1.54) is 44.2 Å². The maximum atomic E-state index is 12.6. The minimum atomic E-state index is -0.645. The number of anilines is 1. The molecule has 0 saturated carbocycles. The Morgan fingerprint density at radius 1 is 0.962 bits per heavy atom. The molecule has 1 N–H and O–H groups in total. The van der Waals surface area contributed by atoms with E-state index in [2.05, 4.69) is 14.8 Å². The van der Waals surface area contributed by atoms with Crippen LogP contribution in [0.4, 0.5) is 5.69 Å². The van der Waals surface area contributed by atoms with Gasteiger partial charge in [-0.25, -0.2) is 9.59 Å². The standard InChI is InChI=1S/C18H16ClNO5S/c1-24-17(22)10-6-11(18(23)25-2)8-12(7-10)20-16(21)14-9-13(26-3)4-5-15(14)19/h4-9H,1-3H3,(H,20,21). The maximum absolute atomic E-state index is 12.6. The number of benzene rings is 2. The summed E-state index contributed by atoms with van der Waals surface area (Å²) in [4.78, 5) is 37.1. The molecule has 0 saturated heterocycles. The highest BCUT2D eigenvalue weighted by Crippen LogP contribution is 2.25. The molecule has 6 nitrogen and oxygen atoms in total. The van der Waals surface area contributed by atoms with Crippen molar-refractivity contribution in [2.24, 2.45) is 0 Å². The first-order valence-corrected chi connectivity index (χ1v) is 8.96. The lowest BCUT2D eigenvalue weighted by molar-refractivity contribution is 0.0599. The topological polar surface area (TPSA) is 81.7 Å². The van der Waals surface area contributed by atoms with E-state index in [9.17, 15) is 14.4 Å². The fraction of sp³-hybridized carbons (Fsp3) is 0.167. The first kappa shape index (κ1) is 19.8. The Morgan fingerprint density at radius 2 is 1.54 bits per heavy atom. The molecule has 136 valence electrons. The van der Waals surface area contributed by atoms with Gasteiger partial charge in [0.15, 0.2) is 0 Å². The second-order valence-electron chi connectivity index (χ2n) is 5.08. The number of nitrogens with one attached hydrogen (secondary N) is 1. The lowest BCUT2D eigenvalue weighted by atomic mass is 10.1. The van der Waals surface area contributed by atoms with Crippen molar-refractivity contribution in [3.8, 4) is 0 Å². The summed E-state index contributed by atoms with van der Waals surface area (Å²) < 4.78 is 9.34. The average molecular weight is 394 g/mol. The number of esters is 2. The molecule has 0 spiro atoms. The number of thioether (sulfide) groups is 1. The van der Waals surface area contributed by atoms with Crippen LogP contribution in [0.3, 0.4) is 0 Å². The SMILES string of the molecule is COC(=O)c1cc(NC(=O)c2cc(SC)ccc2Cl)cc(C(=O)OC)c1. The molecule has 2 aromatic rings. The zero-order chi connectivity index (χ0) is 19.3. The Hall–Kier alpha value is -2.51. The molecule has 0 unspecified atom stereocenters. The Balaban J connectivity index is 2.40. The van der Waals surface area contributed by atoms with Gasteiger partial charge in [0.25, 0.3) is 5.91 Å². The monoisotopic (exact) mass is 393 g/mol. The molecule has 0 aliphatic rings. The van der Waals surface area contributed by atoms with Crippen molar-refractivity contribution >= 4 is 46.9 Å². The number of rotatable bonds is 5. The molecule has 2 aromatic carbocycles. The van der Waals surface area contributed by atoms with E-state index in [0.29, 0.717) is 0 Å². The van der Waals surface area contributed by atoms with E-state index in [0.717, 1.165) is 4.90 Å². The van der Waals surface area contributed by atoms with Crippen LogP contribution in [0.25, 0.3) is 0 Å². The third-order valence-electron chi connectivity index (χ3n) is 3.45. The summed E-state index contributed by atoms with van der Waals surface area (Å²) in [6.45, 7) is 0. The lowest BCUT2D eigenvalue weighted by Crippen LogP contribution is -2.15. The van der Waals surface area contributed by atoms with Crippen molar-refractivity contribution < 1.29 is 23.9 Å². The van der Waals surface area contributed by atoms with Gasteiger partial charge in [-0.2, -0.15) is 0 Å². The van der Waals surface area contributed by atoms with Crippen LogP contribution in [0.15, 0.2) is 41.3 Å². The van der Waals surface area contributed by atoms with Crippen LogP contribution in [0.5, 0.6) is 0 Å². The number of carbonyl (C=O) groups excluding carboxylic acids is 3. The molecule has 0 aliphatic carbocycles. The fourth-order valence-electron chi connectivity index (χ4n) is 2.17. The van der Waals surface area contributed by atoms with Crippen molar-refractivity contribution in [3.05, 3.63) is 58.1 Å². The van der Waals surface area contributed by atoms with Crippen LogP contribution < -0.4 is 5.32 Å². The van der Waals surface area contributed by atoms with Gasteiger partial charge in [0.05, 0.1) is 35.9 Å². The van der Waals surface area contributed by atoms with E-state index in [4.69, 9.17) is 11.6 Å². The third-order valence-corrected chi connectivity index (χ3v) is 4.51. The average Bonchev–Trinajstić information content (AvgIpc) is 2.66. The van der Waals surface area contributed by atoms with Gasteiger partial charge >= 0.3 is 11.9 Å². The second-order valence-corrected chi connectivity index (χ2v) is 6.37. The molecular formula is C18H16ClNO5S. The summed E-state index contributed by atoms with van der Waals surface area (Å²) in [6, 6.07) is 9.23. The molecule has 2 rings (SSSR count). The number of amides is 1. The summed E-state index contributed by atoms with van der Waals surface area (Å²) >= 11 is 7.58. The number of ether oxygens (including phenoxy) is 2. The van der Waals surface area contributed by atoms with Gasteiger partial charge in [-0.1, -0.05) is 11.6 Å². The largest absolute Gasteiger partial charge is 0.465 e. The normalized spacial score (nSPS) is 10.2. The predicted molar refractivity (Wildman–Crippen MR) is 100 cm³/mol. The summed E-state index contributed by atoms with van der Waals surface area (Å²) in [7, 11) is 2.44. The Bertz CT molecular complexity index is 834. The number of halogens is 1. The van der Waals surface area contributed by atoms with Crippen LogP contribution in [-0.4, -0.2) is 38.3 Å². The molecule has 0 aromatic heterocycles. The molecule has 0 bridgehead atoms. The summed E-state index contributed by atoms with van der Waals surface area (Å²) in [5.41, 5.74) is 0.731. The molecule has 0 fully saturated rings. The van der Waals surface area contributed by atoms with Gasteiger partial charge in [0, 0.05) is 10.6 Å². The van der Waals surface area contributed by atoms with Gasteiger partial charge in [0.1, 0.15) is 0 Å². The quantitative estimate of drug-likeness (QED) is 0.613. The molecule has 26 heavy (non-hydrogen) atoms. The van der Waals surface area contributed by atoms with Gasteiger partial charge < -0.3 is 14.8 Å². The van der Waals surface area contributed by atoms with Gasteiger partial charge in [-0.3, -0.25) is 4.79 Å². The maximum Gasteiger partial charge on any atom is 0.337 e. The van der Waals surface area contributed by atoms with Crippen molar-refractivity contribution in [1.29, 1.82) is 0 Å². The molecular weight excluding hydrogens is 378 g/mol. The van der Waals surface area contributed by atoms with Gasteiger partial charge in [-0.05, 0) is 42.7 Å². The van der Waals surface area contributed by atoms with Crippen molar-refractivity contribution in [3.63, 3.8) is 0 Å². The number of hydrogen-bond acceptors (Lipinski definition) is 6. The molecule has 1 amide bonds. The van der Waals surface area contributed by atoms with Gasteiger partial charge in [0.2, 0.25) is 0 Å². The Kier molecular flexibility index (Phi) is 6.65. The van der Waals surface area contributed by atoms with Gasteiger partial charge in [-0.15, -0.1) is 11.8 Å². The first-order chi connectivity index (χ1) is 12.4. The number of carbonyl (C=O) groups is 3. The van der Waals surface area contributed by atoms with Crippen LogP contribution in [0, 0.1) is 0 Å². The van der Waals surface area contributed by atoms with E-state index in [1.807, 2.05) is 6.26 Å². The van der Waals surface area contributed by atoms with Crippen LogP contribution in [-0.2, 0) is 9.47 Å². The number of hydrogen-bond donors (Lipinski definition) is 1. The minimum Gasteiger partial charge on any atom is -0.465 e. The minimum absolute atomic E-state index is 0.106. The molecule has 0 atom stereocenters. The van der Waals surface area contributed by atoms with Crippen molar-refractivity contribution in [2.45, 2.75) is 4.90 Å². The predicted octanol–water partition coefficient (Wildman–Crippen LogP) is 3.89. The first-order valence-electron chi connectivity index (χ1n) is 7.36. The van der Waals surface area contributed by atoms with E-state index in [-0.39, 0.29) is 27.4 Å². The van der Waals surface area contributed by atoms with Crippen molar-refractivity contribution in [2.75, 3.05) is 25.8 Å². The third kappa shape index (κ3) is 4.56. The molecule has 0 aliphatic heterocycles. The summed E-state index contributed by atoms with van der Waals surface area (Å²) in [5.74, 6) is -1.76. The van der Waals surface area contributed by atoms with Crippen LogP contribution >= 0.6 is 23.4 Å². The van der Waals surface area contributed by atoms with Crippen LogP contribution in [0.1, 0.15) is 31.1 Å². The molecule has 0 radical (unpaired) electrons. The molecule has 8 heteroatoms. The summed E-state index contributed by atoms with van der Waals surface area (Å²) in [6.07, 6.45) is 1.88. The molecule has 0 heterocycles. The van der Waals surface area contributed by atoms with E-state index >= 15 is 0 Å². The smallest absolute Gasteiger partial charge is 0.337 e.